The van der Waals surface area contributed by atoms with E-state index in [-0.39, 0.29) is 11.8 Å². The summed E-state index contributed by atoms with van der Waals surface area (Å²) < 4.78 is 1.04. The highest BCUT2D eigenvalue weighted by Crippen LogP contribution is 2.33. The average molecular weight is 372 g/mol. The highest BCUT2D eigenvalue weighted by Gasteiger charge is 2.36. The van der Waals surface area contributed by atoms with Crippen LogP contribution in [0.5, 0.6) is 0 Å². The predicted molar refractivity (Wildman–Crippen MR) is 106 cm³/mol. The van der Waals surface area contributed by atoms with Crippen LogP contribution < -0.4 is 0 Å². The molecule has 5 nitrogen and oxygen atoms in total. The molecule has 0 saturated carbocycles. The van der Waals surface area contributed by atoms with E-state index >= 15 is 0 Å². The standard InChI is InChI=1S/C21H16N4OS/c26-21(20-24-16-8-4-5-9-17(16)27-20)25-12-15(13-25)19-18(22-10-11-23-19)14-6-2-1-3-7-14/h1-11,15H,12-13H2. The molecule has 3 heterocycles. The second-order valence-corrected chi connectivity index (χ2v) is 7.58. The van der Waals surface area contributed by atoms with Gasteiger partial charge < -0.3 is 4.90 Å². The molecule has 4 aromatic rings. The van der Waals surface area contributed by atoms with E-state index in [0.717, 1.165) is 27.2 Å². The van der Waals surface area contributed by atoms with Crippen molar-refractivity contribution in [2.24, 2.45) is 0 Å². The first-order valence-corrected chi connectivity index (χ1v) is 9.62. The van der Waals surface area contributed by atoms with Gasteiger partial charge in [-0.25, -0.2) is 4.98 Å². The zero-order chi connectivity index (χ0) is 18.2. The highest BCUT2D eigenvalue weighted by atomic mass is 32.1. The van der Waals surface area contributed by atoms with Crippen molar-refractivity contribution in [1.29, 1.82) is 0 Å². The van der Waals surface area contributed by atoms with Gasteiger partial charge in [-0.05, 0) is 12.1 Å². The van der Waals surface area contributed by atoms with E-state index in [9.17, 15) is 4.79 Å². The van der Waals surface area contributed by atoms with Crippen LogP contribution in [0.2, 0.25) is 0 Å². The van der Waals surface area contributed by atoms with Gasteiger partial charge in [0.05, 0.1) is 21.6 Å². The van der Waals surface area contributed by atoms with Crippen LogP contribution in [-0.4, -0.2) is 38.8 Å². The second-order valence-electron chi connectivity index (χ2n) is 6.55. The van der Waals surface area contributed by atoms with E-state index in [1.165, 1.54) is 11.3 Å². The number of amides is 1. The van der Waals surface area contributed by atoms with Crippen LogP contribution in [0.4, 0.5) is 0 Å². The van der Waals surface area contributed by atoms with E-state index in [1.54, 1.807) is 12.4 Å². The lowest BCUT2D eigenvalue weighted by molar-refractivity contribution is 0.0599. The van der Waals surface area contributed by atoms with E-state index in [0.29, 0.717) is 18.1 Å². The first-order chi connectivity index (χ1) is 13.3. The van der Waals surface area contributed by atoms with Gasteiger partial charge in [-0.2, -0.15) is 0 Å². The van der Waals surface area contributed by atoms with Crippen molar-refractivity contribution >= 4 is 27.5 Å². The topological polar surface area (TPSA) is 59.0 Å². The van der Waals surface area contributed by atoms with E-state index in [4.69, 9.17) is 0 Å². The fourth-order valence-electron chi connectivity index (χ4n) is 3.38. The number of para-hydroxylation sites is 1. The van der Waals surface area contributed by atoms with Crippen molar-refractivity contribution in [2.45, 2.75) is 5.92 Å². The monoisotopic (exact) mass is 372 g/mol. The number of nitrogens with zero attached hydrogens (tertiary/aromatic N) is 4. The molecule has 0 spiro atoms. The number of thiazole rings is 1. The van der Waals surface area contributed by atoms with Crippen LogP contribution in [0.3, 0.4) is 0 Å². The van der Waals surface area contributed by atoms with Gasteiger partial charge in [0.1, 0.15) is 0 Å². The number of carbonyl (C=O) groups is 1. The Morgan fingerprint density at radius 1 is 0.963 bits per heavy atom. The van der Waals surface area contributed by atoms with Crippen LogP contribution >= 0.6 is 11.3 Å². The Bertz CT molecular complexity index is 1090. The van der Waals surface area contributed by atoms with E-state index in [1.807, 2.05) is 59.5 Å². The van der Waals surface area contributed by atoms with Crippen LogP contribution in [0.1, 0.15) is 21.4 Å². The quantitative estimate of drug-likeness (QED) is 0.546. The Hall–Kier alpha value is -3.12. The third-order valence-electron chi connectivity index (χ3n) is 4.81. The minimum absolute atomic E-state index is 0.00222. The number of hydrogen-bond donors (Lipinski definition) is 0. The minimum atomic E-state index is -0.00222. The van der Waals surface area contributed by atoms with Gasteiger partial charge >= 0.3 is 0 Å². The molecule has 0 radical (unpaired) electrons. The molecule has 0 N–H and O–H groups in total. The number of likely N-dealkylation sites (tertiary alicyclic amines) is 1. The Labute approximate surface area is 160 Å². The molecule has 0 unspecified atom stereocenters. The number of fused-ring (bicyclic) bond motifs is 1. The number of hydrogen-bond acceptors (Lipinski definition) is 5. The van der Waals surface area contributed by atoms with Crippen LogP contribution in [-0.2, 0) is 0 Å². The molecule has 0 bridgehead atoms. The first kappa shape index (κ1) is 16.1. The van der Waals surface area contributed by atoms with Gasteiger partial charge in [0.2, 0.25) is 0 Å². The van der Waals surface area contributed by atoms with Gasteiger partial charge in [0.25, 0.3) is 5.91 Å². The lowest BCUT2D eigenvalue weighted by Crippen LogP contribution is -2.48. The third kappa shape index (κ3) is 2.88. The SMILES string of the molecule is O=C(c1nc2ccccc2s1)N1CC(c2nccnc2-c2ccccc2)C1. The summed E-state index contributed by atoms with van der Waals surface area (Å²) in [6, 6.07) is 17.9. The Balaban J connectivity index is 1.36. The summed E-state index contributed by atoms with van der Waals surface area (Å²) in [5, 5.41) is 0.553. The molecule has 1 aliphatic heterocycles. The molecular weight excluding hydrogens is 356 g/mol. The summed E-state index contributed by atoms with van der Waals surface area (Å²) in [6.07, 6.45) is 3.44. The van der Waals surface area contributed by atoms with Gasteiger partial charge in [-0.1, -0.05) is 42.5 Å². The van der Waals surface area contributed by atoms with Crippen molar-refractivity contribution in [3.63, 3.8) is 0 Å². The molecule has 6 heteroatoms. The number of rotatable bonds is 3. The molecule has 1 fully saturated rings. The molecule has 1 aliphatic rings. The van der Waals surface area contributed by atoms with Crippen LogP contribution in [0, 0.1) is 0 Å². The molecule has 2 aromatic heterocycles. The maximum absolute atomic E-state index is 12.8. The molecule has 1 saturated heterocycles. The average Bonchev–Trinajstić information content (AvgIpc) is 3.12. The van der Waals surface area contributed by atoms with Crippen molar-refractivity contribution < 1.29 is 4.79 Å². The zero-order valence-corrected chi connectivity index (χ0v) is 15.3. The van der Waals surface area contributed by atoms with Gasteiger partial charge in [-0.3, -0.25) is 14.8 Å². The van der Waals surface area contributed by atoms with Gasteiger partial charge in [0.15, 0.2) is 5.01 Å². The van der Waals surface area contributed by atoms with Crippen LogP contribution in [0.15, 0.2) is 67.0 Å². The molecule has 132 valence electrons. The zero-order valence-electron chi connectivity index (χ0n) is 14.4. The molecule has 0 atom stereocenters. The molecule has 5 rings (SSSR count). The largest absolute Gasteiger partial charge is 0.335 e. The lowest BCUT2D eigenvalue weighted by atomic mass is 9.92. The Morgan fingerprint density at radius 3 is 2.52 bits per heavy atom. The fraction of sp³-hybridized carbons (Fsp3) is 0.143. The van der Waals surface area contributed by atoms with Crippen LogP contribution in [0.25, 0.3) is 21.5 Å². The van der Waals surface area contributed by atoms with Gasteiger partial charge in [-0.15, -0.1) is 11.3 Å². The first-order valence-electron chi connectivity index (χ1n) is 8.81. The lowest BCUT2D eigenvalue weighted by Gasteiger charge is -2.38. The molecule has 0 aliphatic carbocycles. The second kappa shape index (κ2) is 6.55. The summed E-state index contributed by atoms with van der Waals surface area (Å²) in [6.45, 7) is 1.29. The molecule has 27 heavy (non-hydrogen) atoms. The summed E-state index contributed by atoms with van der Waals surface area (Å²) >= 11 is 1.45. The smallest absolute Gasteiger partial charge is 0.282 e. The predicted octanol–water partition coefficient (Wildman–Crippen LogP) is 3.99. The van der Waals surface area contributed by atoms with Crippen molar-refractivity contribution in [3.8, 4) is 11.3 Å². The maximum atomic E-state index is 12.8. The summed E-state index contributed by atoms with van der Waals surface area (Å²) in [5.41, 5.74) is 3.78. The maximum Gasteiger partial charge on any atom is 0.282 e. The molecule has 1 amide bonds. The summed E-state index contributed by atoms with van der Waals surface area (Å²) in [4.78, 5) is 28.2. The van der Waals surface area contributed by atoms with Gasteiger partial charge in [0, 0.05) is 37.0 Å². The molecular formula is C21H16N4OS. The minimum Gasteiger partial charge on any atom is -0.335 e. The molecule has 2 aromatic carbocycles. The fourth-order valence-corrected chi connectivity index (χ4v) is 4.32. The Kier molecular flexibility index (Phi) is 3.90. The third-order valence-corrected chi connectivity index (χ3v) is 5.83. The van der Waals surface area contributed by atoms with Crippen molar-refractivity contribution in [1.82, 2.24) is 19.9 Å². The number of benzene rings is 2. The summed E-state index contributed by atoms with van der Waals surface area (Å²) in [5.74, 6) is 0.199. The number of carbonyl (C=O) groups excluding carboxylic acids is 1. The normalized spacial score (nSPS) is 14.3. The van der Waals surface area contributed by atoms with E-state index in [2.05, 4.69) is 15.0 Å². The Morgan fingerprint density at radius 2 is 1.70 bits per heavy atom. The van der Waals surface area contributed by atoms with E-state index < -0.39 is 0 Å². The summed E-state index contributed by atoms with van der Waals surface area (Å²) in [7, 11) is 0. The highest BCUT2D eigenvalue weighted by molar-refractivity contribution is 7.20. The van der Waals surface area contributed by atoms with Crippen molar-refractivity contribution in [2.75, 3.05) is 13.1 Å². The number of aromatic nitrogens is 3. The van der Waals surface area contributed by atoms with Crippen molar-refractivity contribution in [3.05, 3.63) is 77.7 Å².